The van der Waals surface area contributed by atoms with Crippen LogP contribution in [-0.2, 0) is 0 Å². The van der Waals surface area contributed by atoms with E-state index < -0.39 is 0 Å². The smallest absolute Gasteiger partial charge is 0.185 e. The Hall–Kier alpha value is -2.88. The summed E-state index contributed by atoms with van der Waals surface area (Å²) in [5, 5.41) is 16.8. The largest absolute Gasteiger partial charge is 0.507 e. The number of phenols is 1. The minimum atomic E-state index is 0.172. The lowest BCUT2D eigenvalue weighted by Gasteiger charge is -2.00. The fourth-order valence-electron chi connectivity index (χ4n) is 2.18. The van der Waals surface area contributed by atoms with Crippen LogP contribution in [0.4, 0.5) is 0 Å². The van der Waals surface area contributed by atoms with Crippen molar-refractivity contribution in [1.29, 1.82) is 0 Å². The third-order valence-electron chi connectivity index (χ3n) is 3.61. The van der Waals surface area contributed by atoms with Gasteiger partial charge >= 0.3 is 0 Å². The van der Waals surface area contributed by atoms with Crippen LogP contribution in [0, 0.1) is 13.8 Å². The molecule has 0 saturated carbocycles. The monoisotopic (exact) mass is 291 g/mol. The second-order valence-corrected chi connectivity index (χ2v) is 5.24. The third kappa shape index (κ3) is 2.91. The number of aromatic nitrogens is 3. The number of benzene rings is 2. The fourth-order valence-corrected chi connectivity index (χ4v) is 2.18. The van der Waals surface area contributed by atoms with Crippen LogP contribution in [0.25, 0.3) is 23.5 Å². The predicted molar refractivity (Wildman–Crippen MR) is 88.3 cm³/mol. The van der Waals surface area contributed by atoms with Crippen LogP contribution in [0.3, 0.4) is 0 Å². The molecule has 0 unspecified atom stereocenters. The summed E-state index contributed by atoms with van der Waals surface area (Å²) in [6, 6.07) is 13.3. The van der Waals surface area contributed by atoms with Crippen LogP contribution in [0.2, 0.25) is 0 Å². The third-order valence-corrected chi connectivity index (χ3v) is 3.61. The lowest BCUT2D eigenvalue weighted by atomic mass is 10.1. The normalized spacial score (nSPS) is 11.2. The van der Waals surface area contributed by atoms with Crippen molar-refractivity contribution in [3.63, 3.8) is 0 Å². The summed E-state index contributed by atoms with van der Waals surface area (Å²) >= 11 is 0. The summed E-state index contributed by atoms with van der Waals surface area (Å²) in [7, 11) is 0. The Morgan fingerprint density at radius 3 is 2.59 bits per heavy atom. The highest BCUT2D eigenvalue weighted by molar-refractivity contribution is 5.69. The van der Waals surface area contributed by atoms with Crippen LogP contribution in [0.1, 0.15) is 22.5 Å². The number of phenolic OH excluding ortho intramolecular Hbond substituents is 1. The molecule has 0 aliphatic carbocycles. The molecule has 0 saturated heterocycles. The Bertz CT molecular complexity index is 834. The molecule has 0 amide bonds. The van der Waals surface area contributed by atoms with E-state index >= 15 is 0 Å². The first kappa shape index (κ1) is 14.1. The first-order valence-corrected chi connectivity index (χ1v) is 7.09. The molecule has 0 spiro atoms. The second-order valence-electron chi connectivity index (χ2n) is 5.24. The number of aryl methyl sites for hydroxylation is 2. The number of H-pyrrole nitrogens is 1. The number of rotatable bonds is 3. The zero-order valence-corrected chi connectivity index (χ0v) is 12.5. The molecule has 3 rings (SSSR count). The van der Waals surface area contributed by atoms with Gasteiger partial charge in [0.25, 0.3) is 0 Å². The fraction of sp³-hybridized carbons (Fsp3) is 0.111. The Balaban J connectivity index is 1.84. The maximum atomic E-state index is 9.83. The van der Waals surface area contributed by atoms with Crippen molar-refractivity contribution in [2.75, 3.05) is 0 Å². The molecule has 3 aromatic rings. The summed E-state index contributed by atoms with van der Waals surface area (Å²) in [4.78, 5) is 4.38. The minimum absolute atomic E-state index is 0.172. The van der Waals surface area contributed by atoms with E-state index in [4.69, 9.17) is 0 Å². The summed E-state index contributed by atoms with van der Waals surface area (Å²) in [6.07, 6.45) is 3.86. The molecule has 4 nitrogen and oxygen atoms in total. The van der Waals surface area contributed by atoms with Crippen LogP contribution < -0.4 is 0 Å². The van der Waals surface area contributed by atoms with Crippen molar-refractivity contribution in [2.45, 2.75) is 13.8 Å². The molecule has 0 fully saturated rings. The molecule has 22 heavy (non-hydrogen) atoms. The van der Waals surface area contributed by atoms with E-state index in [2.05, 4.69) is 47.2 Å². The Morgan fingerprint density at radius 1 is 1.00 bits per heavy atom. The SMILES string of the molecule is Cc1ccc(/C=C/c2nc(-c3ccccc3O)n[nH]2)cc1C. The minimum Gasteiger partial charge on any atom is -0.507 e. The van der Waals surface area contributed by atoms with Crippen LogP contribution in [0.15, 0.2) is 42.5 Å². The van der Waals surface area contributed by atoms with Crippen LogP contribution in [-0.4, -0.2) is 20.3 Å². The van der Waals surface area contributed by atoms with E-state index in [0.29, 0.717) is 17.2 Å². The van der Waals surface area contributed by atoms with Crippen molar-refractivity contribution in [3.05, 3.63) is 65.0 Å². The molecular formula is C18H17N3O. The van der Waals surface area contributed by atoms with Gasteiger partial charge in [-0.15, -0.1) is 0 Å². The number of hydrogen-bond acceptors (Lipinski definition) is 3. The van der Waals surface area contributed by atoms with Gasteiger partial charge in [0, 0.05) is 0 Å². The first-order valence-electron chi connectivity index (χ1n) is 7.09. The van der Waals surface area contributed by atoms with Gasteiger partial charge in [0.05, 0.1) is 5.56 Å². The van der Waals surface area contributed by atoms with Crippen molar-refractivity contribution >= 4 is 12.2 Å². The van der Waals surface area contributed by atoms with Crippen molar-refractivity contribution < 1.29 is 5.11 Å². The second kappa shape index (κ2) is 5.85. The maximum Gasteiger partial charge on any atom is 0.185 e. The molecule has 0 aliphatic heterocycles. The number of hydrogen-bond donors (Lipinski definition) is 2. The Kier molecular flexibility index (Phi) is 3.74. The predicted octanol–water partition coefficient (Wildman–Crippen LogP) is 3.96. The maximum absolute atomic E-state index is 9.83. The Morgan fingerprint density at radius 2 is 1.82 bits per heavy atom. The standard InChI is InChI=1S/C18H17N3O/c1-12-7-8-14(11-13(12)2)9-10-17-19-18(21-20-17)15-5-3-4-6-16(15)22/h3-11,22H,1-2H3,(H,19,20,21)/b10-9+. The molecule has 4 heteroatoms. The highest BCUT2D eigenvalue weighted by Crippen LogP contribution is 2.25. The zero-order valence-electron chi connectivity index (χ0n) is 12.5. The molecule has 0 atom stereocenters. The quantitative estimate of drug-likeness (QED) is 0.767. The molecule has 1 heterocycles. The van der Waals surface area contributed by atoms with Gasteiger partial charge in [0.15, 0.2) is 5.82 Å². The van der Waals surface area contributed by atoms with E-state index in [1.807, 2.05) is 18.2 Å². The van der Waals surface area contributed by atoms with Gasteiger partial charge in [0.2, 0.25) is 0 Å². The molecule has 1 aromatic heterocycles. The molecule has 0 aliphatic rings. The van der Waals surface area contributed by atoms with Gasteiger partial charge < -0.3 is 5.11 Å². The van der Waals surface area contributed by atoms with Gasteiger partial charge in [-0.3, -0.25) is 5.10 Å². The van der Waals surface area contributed by atoms with Gasteiger partial charge in [-0.05, 0) is 48.7 Å². The van der Waals surface area contributed by atoms with Gasteiger partial charge in [0.1, 0.15) is 11.6 Å². The van der Waals surface area contributed by atoms with E-state index in [-0.39, 0.29) is 5.75 Å². The first-order chi connectivity index (χ1) is 10.6. The number of aromatic hydroxyl groups is 1. The van der Waals surface area contributed by atoms with E-state index in [1.165, 1.54) is 11.1 Å². The van der Waals surface area contributed by atoms with Crippen LogP contribution in [0.5, 0.6) is 5.75 Å². The summed E-state index contributed by atoms with van der Waals surface area (Å²) in [6.45, 7) is 4.19. The van der Waals surface area contributed by atoms with E-state index in [9.17, 15) is 5.11 Å². The average molecular weight is 291 g/mol. The van der Waals surface area contributed by atoms with Gasteiger partial charge in [-0.1, -0.05) is 36.4 Å². The van der Waals surface area contributed by atoms with Gasteiger partial charge in [-0.2, -0.15) is 5.10 Å². The lowest BCUT2D eigenvalue weighted by Crippen LogP contribution is -1.82. The molecule has 110 valence electrons. The average Bonchev–Trinajstić information content (AvgIpc) is 2.98. The Labute approximate surface area is 129 Å². The summed E-state index contributed by atoms with van der Waals surface area (Å²) in [5.41, 5.74) is 4.27. The van der Waals surface area contributed by atoms with Crippen molar-refractivity contribution in [1.82, 2.24) is 15.2 Å². The van der Waals surface area contributed by atoms with E-state index in [0.717, 1.165) is 5.56 Å². The van der Waals surface area contributed by atoms with Gasteiger partial charge in [-0.25, -0.2) is 4.98 Å². The number of aromatic amines is 1. The molecule has 0 radical (unpaired) electrons. The zero-order chi connectivity index (χ0) is 15.5. The molecule has 2 N–H and O–H groups in total. The van der Waals surface area contributed by atoms with E-state index in [1.54, 1.807) is 18.2 Å². The van der Waals surface area contributed by atoms with Crippen molar-refractivity contribution in [3.8, 4) is 17.1 Å². The molecular weight excluding hydrogens is 274 g/mol. The number of para-hydroxylation sites is 1. The number of nitrogens with one attached hydrogen (secondary N) is 1. The molecule has 0 bridgehead atoms. The summed E-state index contributed by atoms with van der Waals surface area (Å²) < 4.78 is 0. The van der Waals surface area contributed by atoms with Crippen molar-refractivity contribution in [2.24, 2.45) is 0 Å². The lowest BCUT2D eigenvalue weighted by molar-refractivity contribution is 0.477. The highest BCUT2D eigenvalue weighted by atomic mass is 16.3. The highest BCUT2D eigenvalue weighted by Gasteiger charge is 2.08. The van der Waals surface area contributed by atoms with Crippen LogP contribution >= 0.6 is 0 Å². The number of nitrogens with zero attached hydrogens (tertiary/aromatic N) is 2. The topological polar surface area (TPSA) is 61.8 Å². The summed E-state index contributed by atoms with van der Waals surface area (Å²) in [5.74, 6) is 1.31. The molecule has 2 aromatic carbocycles.